The molecule has 0 spiro atoms. The maximum absolute atomic E-state index is 6.07. The van der Waals surface area contributed by atoms with Crippen LogP contribution >= 0.6 is 12.4 Å². The smallest absolute Gasteiger partial charge is 0.0698 e. The minimum atomic E-state index is 0. The molecule has 0 aromatic rings. The van der Waals surface area contributed by atoms with Crippen LogP contribution in [0, 0.1) is 0 Å². The lowest BCUT2D eigenvalue weighted by atomic mass is 9.82. The minimum Gasteiger partial charge on any atom is -0.326 e. The Hall–Kier alpha value is 0.130. The highest BCUT2D eigenvalue weighted by atomic mass is 35.5. The third-order valence-electron chi connectivity index (χ3n) is 3.31. The molecule has 1 fully saturated rings. The molecule has 1 aliphatic carbocycles. The van der Waals surface area contributed by atoms with Crippen LogP contribution in [-0.2, 0) is 0 Å². The number of hydrogen-bond donors (Lipinski definition) is 4. The van der Waals surface area contributed by atoms with Crippen molar-refractivity contribution in [2.45, 2.75) is 37.0 Å². The van der Waals surface area contributed by atoms with Crippen LogP contribution < -0.4 is 21.7 Å². The van der Waals surface area contributed by atoms with E-state index >= 15 is 0 Å². The van der Waals surface area contributed by atoms with Gasteiger partial charge in [0.25, 0.3) is 0 Å². The zero-order valence-corrected chi connectivity index (χ0v) is 10.1. The van der Waals surface area contributed by atoms with E-state index in [9.17, 15) is 0 Å². The second-order valence-corrected chi connectivity index (χ2v) is 3.88. The molecule has 1 rings (SSSR count). The van der Waals surface area contributed by atoms with Crippen molar-refractivity contribution in [3.8, 4) is 0 Å². The van der Waals surface area contributed by atoms with E-state index in [1.54, 1.807) is 0 Å². The lowest BCUT2D eigenvalue weighted by Crippen LogP contribution is -2.63. The summed E-state index contributed by atoms with van der Waals surface area (Å²) in [6.45, 7) is 0. The lowest BCUT2D eigenvalue weighted by molar-refractivity contribution is 0.164. The van der Waals surface area contributed by atoms with Gasteiger partial charge < -0.3 is 21.7 Å². The van der Waals surface area contributed by atoms with Crippen LogP contribution in [-0.4, -0.2) is 38.9 Å². The number of rotatable bonds is 3. The minimum absolute atomic E-state index is 0. The Labute approximate surface area is 92.8 Å². The van der Waals surface area contributed by atoms with Crippen molar-refractivity contribution in [2.24, 2.45) is 5.73 Å². The van der Waals surface area contributed by atoms with Gasteiger partial charge in [-0.3, -0.25) is 0 Å². The van der Waals surface area contributed by atoms with Gasteiger partial charge in [0, 0.05) is 12.1 Å². The van der Waals surface area contributed by atoms with Gasteiger partial charge in [0.2, 0.25) is 0 Å². The summed E-state index contributed by atoms with van der Waals surface area (Å²) in [5, 5.41) is 9.91. The Morgan fingerprint density at radius 3 is 2.14 bits per heavy atom. The molecule has 0 bridgehead atoms. The second kappa shape index (κ2) is 5.88. The number of halogens is 1. The molecule has 1 saturated carbocycles. The van der Waals surface area contributed by atoms with Gasteiger partial charge in [-0.1, -0.05) is 0 Å². The van der Waals surface area contributed by atoms with Crippen molar-refractivity contribution in [1.29, 1.82) is 0 Å². The van der Waals surface area contributed by atoms with Gasteiger partial charge >= 0.3 is 0 Å². The SMILES string of the molecule is CNC1CCC(NC)(NC)CC1N.Cl. The molecule has 86 valence electrons. The van der Waals surface area contributed by atoms with E-state index in [-0.39, 0.29) is 24.1 Å². The molecule has 1 aliphatic rings. The summed E-state index contributed by atoms with van der Waals surface area (Å²) in [7, 11) is 5.96. The molecule has 0 aromatic heterocycles. The van der Waals surface area contributed by atoms with E-state index in [1.165, 1.54) is 0 Å². The Morgan fingerprint density at radius 1 is 1.21 bits per heavy atom. The number of nitrogens with two attached hydrogens (primary N) is 1. The van der Waals surface area contributed by atoms with Crippen molar-refractivity contribution in [3.05, 3.63) is 0 Å². The molecule has 2 atom stereocenters. The van der Waals surface area contributed by atoms with Gasteiger partial charge in [-0.25, -0.2) is 0 Å². The van der Waals surface area contributed by atoms with Crippen LogP contribution in [0.4, 0.5) is 0 Å². The van der Waals surface area contributed by atoms with Crippen molar-refractivity contribution in [1.82, 2.24) is 16.0 Å². The van der Waals surface area contributed by atoms with Crippen LogP contribution in [0.5, 0.6) is 0 Å². The standard InChI is InChI=1S/C9H22N4.ClH/c1-11-8-4-5-9(12-2,13-3)6-7(8)10;/h7-8,11-13H,4-6,10H2,1-3H3;1H. The van der Waals surface area contributed by atoms with E-state index in [0.717, 1.165) is 19.3 Å². The van der Waals surface area contributed by atoms with E-state index in [0.29, 0.717) is 6.04 Å². The predicted molar refractivity (Wildman–Crippen MR) is 62.8 cm³/mol. The van der Waals surface area contributed by atoms with Crippen LogP contribution in [0.1, 0.15) is 19.3 Å². The van der Waals surface area contributed by atoms with Crippen LogP contribution in [0.2, 0.25) is 0 Å². The van der Waals surface area contributed by atoms with Crippen molar-refractivity contribution in [2.75, 3.05) is 21.1 Å². The molecule has 5 heteroatoms. The fourth-order valence-corrected chi connectivity index (χ4v) is 2.20. The van der Waals surface area contributed by atoms with E-state index in [2.05, 4.69) is 16.0 Å². The molecule has 2 unspecified atom stereocenters. The molecule has 0 saturated heterocycles. The molecule has 0 heterocycles. The quantitative estimate of drug-likeness (QED) is 0.493. The molecular weight excluding hydrogens is 200 g/mol. The predicted octanol–water partition coefficient (Wildman–Crippen LogP) is -0.357. The first kappa shape index (κ1) is 14.1. The summed E-state index contributed by atoms with van der Waals surface area (Å²) in [4.78, 5) is 0. The van der Waals surface area contributed by atoms with E-state index in [1.807, 2.05) is 21.1 Å². The van der Waals surface area contributed by atoms with E-state index in [4.69, 9.17) is 5.73 Å². The average molecular weight is 223 g/mol. The molecule has 5 N–H and O–H groups in total. The van der Waals surface area contributed by atoms with Crippen LogP contribution in [0.3, 0.4) is 0 Å². The van der Waals surface area contributed by atoms with Gasteiger partial charge in [-0.05, 0) is 40.4 Å². The third kappa shape index (κ3) is 2.81. The van der Waals surface area contributed by atoms with Crippen LogP contribution in [0.15, 0.2) is 0 Å². The van der Waals surface area contributed by atoms with Crippen molar-refractivity contribution in [3.63, 3.8) is 0 Å². The molecule has 0 amide bonds. The maximum Gasteiger partial charge on any atom is 0.0698 e. The summed E-state index contributed by atoms with van der Waals surface area (Å²) in [6, 6.07) is 0.702. The van der Waals surface area contributed by atoms with Gasteiger partial charge in [-0.2, -0.15) is 0 Å². The Morgan fingerprint density at radius 2 is 1.79 bits per heavy atom. The molecule has 0 aromatic carbocycles. The second-order valence-electron chi connectivity index (χ2n) is 3.88. The van der Waals surface area contributed by atoms with Crippen molar-refractivity contribution >= 4 is 12.4 Å². The van der Waals surface area contributed by atoms with Crippen LogP contribution in [0.25, 0.3) is 0 Å². The summed E-state index contributed by atoms with van der Waals surface area (Å²) < 4.78 is 0. The fraction of sp³-hybridized carbons (Fsp3) is 1.00. The highest BCUT2D eigenvalue weighted by molar-refractivity contribution is 5.85. The Bertz CT molecular complexity index is 161. The van der Waals surface area contributed by atoms with Gasteiger partial charge in [-0.15, -0.1) is 12.4 Å². The molecule has 4 nitrogen and oxygen atoms in total. The highest BCUT2D eigenvalue weighted by Crippen LogP contribution is 2.24. The number of nitrogens with one attached hydrogen (secondary N) is 3. The largest absolute Gasteiger partial charge is 0.326 e. The fourth-order valence-electron chi connectivity index (χ4n) is 2.20. The summed E-state index contributed by atoms with van der Waals surface area (Å²) in [6.07, 6.45) is 3.23. The highest BCUT2D eigenvalue weighted by Gasteiger charge is 2.36. The Balaban J connectivity index is 0.00000169. The molecule has 0 aliphatic heterocycles. The van der Waals surface area contributed by atoms with Gasteiger partial charge in [0.05, 0.1) is 5.66 Å². The molecular formula is C9H23ClN4. The molecule has 0 radical (unpaired) electrons. The summed E-state index contributed by atoms with van der Waals surface area (Å²) >= 11 is 0. The third-order valence-corrected chi connectivity index (χ3v) is 3.31. The monoisotopic (exact) mass is 222 g/mol. The van der Waals surface area contributed by atoms with Gasteiger partial charge in [0.1, 0.15) is 0 Å². The van der Waals surface area contributed by atoms with Crippen molar-refractivity contribution < 1.29 is 0 Å². The molecule has 14 heavy (non-hydrogen) atoms. The number of likely N-dealkylation sites (N-methyl/N-ethyl adjacent to an activating group) is 1. The topological polar surface area (TPSA) is 62.1 Å². The maximum atomic E-state index is 6.07. The first-order valence-electron chi connectivity index (χ1n) is 4.98. The normalized spacial score (nSPS) is 30.9. The zero-order valence-electron chi connectivity index (χ0n) is 9.26. The summed E-state index contributed by atoms with van der Waals surface area (Å²) in [5.74, 6) is 0. The summed E-state index contributed by atoms with van der Waals surface area (Å²) in [5.41, 5.74) is 6.12. The van der Waals surface area contributed by atoms with E-state index < -0.39 is 0 Å². The van der Waals surface area contributed by atoms with Gasteiger partial charge in [0.15, 0.2) is 0 Å². The zero-order chi connectivity index (χ0) is 9.90. The first-order valence-corrected chi connectivity index (χ1v) is 4.98. The average Bonchev–Trinajstić information content (AvgIpc) is 2.17. The number of hydrogen-bond acceptors (Lipinski definition) is 4. The Kier molecular flexibility index (Phi) is 5.93. The lowest BCUT2D eigenvalue weighted by Gasteiger charge is -2.43. The first-order chi connectivity index (χ1) is 6.17.